The molecule has 0 spiro atoms. The molecule has 1 atom stereocenters. The summed E-state index contributed by atoms with van der Waals surface area (Å²) in [5.74, 6) is 0.0493. The van der Waals surface area contributed by atoms with Gasteiger partial charge >= 0.3 is 5.63 Å². The van der Waals surface area contributed by atoms with Crippen molar-refractivity contribution >= 4 is 39.0 Å². The summed E-state index contributed by atoms with van der Waals surface area (Å²) in [7, 11) is 0. The number of hydrogen-bond donors (Lipinski definition) is 2. The third-order valence-corrected chi connectivity index (χ3v) is 4.52. The van der Waals surface area contributed by atoms with Gasteiger partial charge < -0.3 is 14.3 Å². The maximum absolute atomic E-state index is 11.8. The molecule has 1 aliphatic carbocycles. The van der Waals surface area contributed by atoms with Gasteiger partial charge in [0.1, 0.15) is 17.1 Å². The van der Waals surface area contributed by atoms with E-state index in [0.29, 0.717) is 23.3 Å². The van der Waals surface area contributed by atoms with E-state index < -0.39 is 11.5 Å². The fourth-order valence-electron chi connectivity index (χ4n) is 2.55. The van der Waals surface area contributed by atoms with Crippen LogP contribution in [0.5, 0.6) is 5.75 Å². The van der Waals surface area contributed by atoms with Gasteiger partial charge in [0.05, 0.1) is 6.21 Å². The van der Waals surface area contributed by atoms with Crippen LogP contribution in [0, 0.1) is 6.92 Å². The summed E-state index contributed by atoms with van der Waals surface area (Å²) >= 11 is 3.43. The van der Waals surface area contributed by atoms with Crippen molar-refractivity contribution < 1.29 is 19.1 Å². The number of benzene rings is 1. The number of fused-ring (bicyclic) bond motifs is 1. The van der Waals surface area contributed by atoms with E-state index in [1.165, 1.54) is 12.3 Å². The summed E-state index contributed by atoms with van der Waals surface area (Å²) < 4.78 is 10.5. The smallest absolute Gasteiger partial charge is 0.336 e. The van der Waals surface area contributed by atoms with Crippen LogP contribution in [-0.4, -0.2) is 28.7 Å². The number of aryl methyl sites for hydroxylation is 1. The highest BCUT2D eigenvalue weighted by molar-refractivity contribution is 9.09. The Bertz CT molecular complexity index is 1020. The Morgan fingerprint density at radius 1 is 1.48 bits per heavy atom. The molecule has 2 aromatic rings. The monoisotopic (exact) mass is 432 g/mol. The van der Waals surface area contributed by atoms with E-state index in [2.05, 4.69) is 26.5 Å². The summed E-state index contributed by atoms with van der Waals surface area (Å²) in [5, 5.41) is 14.4. The molecule has 0 bridgehead atoms. The molecule has 7 nitrogen and oxygen atoms in total. The molecule has 2 N–H and O–H groups in total. The second kappa shape index (κ2) is 8.22. The number of amides is 1. The number of hydrazone groups is 1. The molecule has 3 rings (SSSR count). The first-order chi connectivity index (χ1) is 12.9. The number of alkyl halides is 1. The van der Waals surface area contributed by atoms with E-state index in [-0.39, 0.29) is 17.2 Å². The van der Waals surface area contributed by atoms with Gasteiger partial charge in [0, 0.05) is 27.9 Å². The fraction of sp³-hybridized carbons (Fsp3) is 0.211. The van der Waals surface area contributed by atoms with E-state index in [0.717, 1.165) is 10.9 Å². The molecule has 1 heterocycles. The Balaban J connectivity index is 1.58. The number of halogens is 1. The van der Waals surface area contributed by atoms with Gasteiger partial charge in [-0.1, -0.05) is 22.0 Å². The quantitative estimate of drug-likeness (QED) is 0.327. The normalized spacial score (nSPS) is 16.9. The molecule has 1 aromatic heterocycles. The number of rotatable bonds is 5. The average Bonchev–Trinajstić information content (AvgIpc) is 2.62. The van der Waals surface area contributed by atoms with Gasteiger partial charge in [0.15, 0.2) is 6.61 Å². The number of aliphatic hydroxyl groups excluding tert-OH is 1. The Morgan fingerprint density at radius 3 is 3.11 bits per heavy atom. The van der Waals surface area contributed by atoms with Crippen molar-refractivity contribution in [1.82, 2.24) is 5.43 Å². The van der Waals surface area contributed by atoms with E-state index in [1.807, 2.05) is 6.92 Å². The minimum atomic E-state index is -0.465. The van der Waals surface area contributed by atoms with Crippen molar-refractivity contribution in [2.45, 2.75) is 18.2 Å². The summed E-state index contributed by atoms with van der Waals surface area (Å²) in [4.78, 5) is 23.4. The van der Waals surface area contributed by atoms with E-state index in [9.17, 15) is 14.7 Å². The number of nitrogens with zero attached hydrogens (tertiary/aromatic N) is 1. The van der Waals surface area contributed by atoms with Crippen LogP contribution in [0.25, 0.3) is 11.0 Å². The second-order valence-electron chi connectivity index (χ2n) is 5.95. The van der Waals surface area contributed by atoms with Crippen LogP contribution >= 0.6 is 15.9 Å². The number of allylic oxidation sites excluding steroid dienone is 3. The molecule has 8 heteroatoms. The first-order valence-electron chi connectivity index (χ1n) is 8.17. The Labute approximate surface area is 163 Å². The lowest BCUT2D eigenvalue weighted by Crippen LogP contribution is -2.24. The van der Waals surface area contributed by atoms with Gasteiger partial charge in [-0.05, 0) is 37.1 Å². The first kappa shape index (κ1) is 18.9. The summed E-state index contributed by atoms with van der Waals surface area (Å²) in [6.45, 7) is 1.55. The summed E-state index contributed by atoms with van der Waals surface area (Å²) in [6.07, 6.45) is 5.53. The molecule has 140 valence electrons. The fourth-order valence-corrected chi connectivity index (χ4v) is 3.02. The van der Waals surface area contributed by atoms with Crippen molar-refractivity contribution in [3.05, 3.63) is 63.7 Å². The van der Waals surface area contributed by atoms with E-state index in [1.54, 1.807) is 30.4 Å². The highest BCUT2D eigenvalue weighted by atomic mass is 79.9. The van der Waals surface area contributed by atoms with Crippen LogP contribution in [0.3, 0.4) is 0 Å². The number of carbonyl (C=O) groups excluding carboxylic acids is 1. The minimum Gasteiger partial charge on any atom is -0.508 e. The van der Waals surface area contributed by atoms with Crippen LogP contribution in [0.2, 0.25) is 0 Å². The Kier molecular flexibility index (Phi) is 5.75. The van der Waals surface area contributed by atoms with Crippen LogP contribution in [0.15, 0.2) is 62.1 Å². The van der Waals surface area contributed by atoms with Crippen molar-refractivity contribution in [3.63, 3.8) is 0 Å². The predicted octanol–water partition coefficient (Wildman–Crippen LogP) is 3.12. The SMILES string of the molecule is Cc1cc(=O)oc2cc(OCC(=O)NN=CC3=CC(Br)CC=C3O)ccc12. The van der Waals surface area contributed by atoms with Gasteiger partial charge in [-0.25, -0.2) is 10.2 Å². The molecule has 1 amide bonds. The van der Waals surface area contributed by atoms with E-state index in [4.69, 9.17) is 9.15 Å². The second-order valence-corrected chi connectivity index (χ2v) is 7.13. The zero-order chi connectivity index (χ0) is 19.4. The number of aliphatic hydroxyl groups is 1. The number of ether oxygens (including phenoxy) is 1. The lowest BCUT2D eigenvalue weighted by Gasteiger charge is -2.11. The minimum absolute atomic E-state index is 0.116. The number of hydrogen-bond acceptors (Lipinski definition) is 6. The zero-order valence-electron chi connectivity index (χ0n) is 14.4. The van der Waals surface area contributed by atoms with Crippen LogP contribution in [0.1, 0.15) is 12.0 Å². The van der Waals surface area contributed by atoms with Crippen molar-refractivity contribution in [2.24, 2.45) is 5.10 Å². The van der Waals surface area contributed by atoms with Crippen LogP contribution in [-0.2, 0) is 4.79 Å². The molecular formula is C19H17BrN2O5. The largest absolute Gasteiger partial charge is 0.508 e. The standard InChI is InChI=1S/C19H17BrN2O5/c1-11-6-19(25)27-17-8-14(3-4-15(11)17)26-10-18(24)22-21-9-12-7-13(20)2-5-16(12)23/h3-9,13,23H,2,10H2,1H3,(H,22,24). The molecule has 0 saturated carbocycles. The number of carbonyl (C=O) groups is 1. The topological polar surface area (TPSA) is 101 Å². The maximum atomic E-state index is 11.8. The highest BCUT2D eigenvalue weighted by Crippen LogP contribution is 2.22. The maximum Gasteiger partial charge on any atom is 0.336 e. The lowest BCUT2D eigenvalue weighted by molar-refractivity contribution is -0.123. The molecule has 0 saturated heterocycles. The van der Waals surface area contributed by atoms with Crippen LogP contribution < -0.4 is 15.8 Å². The highest BCUT2D eigenvalue weighted by Gasteiger charge is 2.11. The molecule has 1 unspecified atom stereocenters. The van der Waals surface area contributed by atoms with Gasteiger partial charge in [-0.3, -0.25) is 4.79 Å². The zero-order valence-corrected chi connectivity index (χ0v) is 16.0. The molecule has 0 radical (unpaired) electrons. The Hall–Kier alpha value is -2.87. The molecule has 0 fully saturated rings. The summed E-state index contributed by atoms with van der Waals surface area (Å²) in [6, 6.07) is 6.44. The lowest BCUT2D eigenvalue weighted by atomic mass is 10.1. The molecular weight excluding hydrogens is 416 g/mol. The van der Waals surface area contributed by atoms with Crippen molar-refractivity contribution in [2.75, 3.05) is 6.61 Å². The van der Waals surface area contributed by atoms with Gasteiger partial charge in [-0.2, -0.15) is 5.10 Å². The number of nitrogens with one attached hydrogen (secondary N) is 1. The molecule has 1 aliphatic rings. The van der Waals surface area contributed by atoms with Gasteiger partial charge in [0.2, 0.25) is 0 Å². The van der Waals surface area contributed by atoms with Gasteiger partial charge in [-0.15, -0.1) is 0 Å². The average molecular weight is 433 g/mol. The molecule has 1 aromatic carbocycles. The van der Waals surface area contributed by atoms with Crippen LogP contribution in [0.4, 0.5) is 0 Å². The molecule has 27 heavy (non-hydrogen) atoms. The van der Waals surface area contributed by atoms with E-state index >= 15 is 0 Å². The van der Waals surface area contributed by atoms with Crippen molar-refractivity contribution in [1.29, 1.82) is 0 Å². The molecule has 0 aliphatic heterocycles. The Morgan fingerprint density at radius 2 is 2.30 bits per heavy atom. The third-order valence-electron chi connectivity index (χ3n) is 3.88. The van der Waals surface area contributed by atoms with Crippen molar-refractivity contribution in [3.8, 4) is 5.75 Å². The third kappa shape index (κ3) is 4.85. The summed E-state index contributed by atoms with van der Waals surface area (Å²) in [5.41, 5.74) is 3.61. The van der Waals surface area contributed by atoms with Gasteiger partial charge in [0.25, 0.3) is 5.91 Å². The predicted molar refractivity (Wildman–Crippen MR) is 105 cm³/mol. The first-order valence-corrected chi connectivity index (χ1v) is 9.08.